The fourth-order valence-corrected chi connectivity index (χ4v) is 4.60. The minimum atomic E-state index is -0.371. The topological polar surface area (TPSA) is 84.4 Å². The maximum atomic E-state index is 13.6. The van der Waals surface area contributed by atoms with Gasteiger partial charge in [0.15, 0.2) is 0 Å². The number of anilines is 1. The van der Waals surface area contributed by atoms with Crippen LogP contribution >= 0.6 is 0 Å². The molecule has 2 amide bonds. The summed E-state index contributed by atoms with van der Waals surface area (Å²) < 4.78 is 32.1. The molecule has 1 saturated heterocycles. The second-order valence-electron chi connectivity index (χ2n) is 9.22. The summed E-state index contributed by atoms with van der Waals surface area (Å²) in [5.74, 6) is -1.13. The first-order chi connectivity index (χ1) is 18.4. The highest BCUT2D eigenvalue weighted by molar-refractivity contribution is 5.95. The SMILES string of the molecule is COCC(=O)N1CCC(C(=O)Nc2ccc3nc(-c4ccc(F)cc4)c(-c4ccc(F)cc4)nc3c2)CC1. The van der Waals surface area contributed by atoms with Crippen LogP contribution in [0, 0.1) is 17.6 Å². The molecule has 0 unspecified atom stereocenters. The van der Waals surface area contributed by atoms with Crippen molar-refractivity contribution in [3.63, 3.8) is 0 Å². The number of nitrogens with zero attached hydrogens (tertiary/aromatic N) is 3. The highest BCUT2D eigenvalue weighted by Gasteiger charge is 2.27. The molecule has 3 aromatic carbocycles. The van der Waals surface area contributed by atoms with Gasteiger partial charge in [-0.3, -0.25) is 9.59 Å². The highest BCUT2D eigenvalue weighted by Crippen LogP contribution is 2.32. The fourth-order valence-electron chi connectivity index (χ4n) is 4.60. The van der Waals surface area contributed by atoms with Crippen LogP contribution in [0.5, 0.6) is 0 Å². The molecule has 9 heteroatoms. The summed E-state index contributed by atoms with van der Waals surface area (Å²) >= 11 is 0. The van der Waals surface area contributed by atoms with Crippen LogP contribution in [0.4, 0.5) is 14.5 Å². The quantitative estimate of drug-likeness (QED) is 0.387. The molecule has 1 N–H and O–H groups in total. The number of methoxy groups -OCH3 is 1. The largest absolute Gasteiger partial charge is 0.375 e. The van der Waals surface area contributed by atoms with E-state index in [1.807, 2.05) is 0 Å². The monoisotopic (exact) mass is 516 g/mol. The first-order valence-electron chi connectivity index (χ1n) is 12.3. The number of hydrogen-bond acceptors (Lipinski definition) is 5. The van der Waals surface area contributed by atoms with Gasteiger partial charge in [0, 0.05) is 42.9 Å². The van der Waals surface area contributed by atoms with Crippen LogP contribution in [0.1, 0.15) is 12.8 Å². The molecule has 194 valence electrons. The number of rotatable bonds is 6. The third kappa shape index (κ3) is 5.52. The van der Waals surface area contributed by atoms with Crippen molar-refractivity contribution in [1.29, 1.82) is 0 Å². The molecule has 5 rings (SSSR count). The second kappa shape index (κ2) is 11.0. The van der Waals surface area contributed by atoms with Crippen LogP contribution in [0.2, 0.25) is 0 Å². The Kier molecular flexibility index (Phi) is 7.37. The molecule has 2 heterocycles. The standard InChI is InChI=1S/C29H26F2N4O3/c1-38-17-26(36)35-14-12-20(13-15-35)29(37)32-23-10-11-24-25(16-23)34-28(19-4-8-22(31)9-5-19)27(33-24)18-2-6-21(30)7-3-18/h2-11,16,20H,12-15,17H2,1H3,(H,32,37). The lowest BCUT2D eigenvalue weighted by atomic mass is 9.95. The minimum Gasteiger partial charge on any atom is -0.375 e. The van der Waals surface area contributed by atoms with Gasteiger partial charge in [-0.2, -0.15) is 0 Å². The van der Waals surface area contributed by atoms with Gasteiger partial charge in [-0.15, -0.1) is 0 Å². The van der Waals surface area contributed by atoms with E-state index in [2.05, 4.69) is 5.32 Å². The molecular weight excluding hydrogens is 490 g/mol. The smallest absolute Gasteiger partial charge is 0.248 e. The van der Waals surface area contributed by atoms with Gasteiger partial charge in [-0.1, -0.05) is 0 Å². The van der Waals surface area contributed by atoms with Crippen LogP contribution in [0.25, 0.3) is 33.5 Å². The Morgan fingerprint density at radius 3 is 1.97 bits per heavy atom. The number of amides is 2. The molecule has 1 aromatic heterocycles. The van der Waals surface area contributed by atoms with Crippen LogP contribution in [0.15, 0.2) is 66.7 Å². The summed E-state index contributed by atoms with van der Waals surface area (Å²) in [5.41, 5.74) is 4.11. The predicted octanol–water partition coefficient (Wildman–Crippen LogP) is 5.07. The number of ether oxygens (including phenoxy) is 1. The van der Waals surface area contributed by atoms with Crippen molar-refractivity contribution >= 4 is 28.5 Å². The zero-order valence-electron chi connectivity index (χ0n) is 20.8. The fraction of sp³-hybridized carbons (Fsp3) is 0.241. The van der Waals surface area contributed by atoms with Gasteiger partial charge in [0.25, 0.3) is 0 Å². The van der Waals surface area contributed by atoms with Gasteiger partial charge in [-0.25, -0.2) is 18.7 Å². The molecule has 1 aliphatic heterocycles. The normalized spacial score (nSPS) is 14.0. The van der Waals surface area contributed by atoms with E-state index >= 15 is 0 Å². The molecule has 0 aliphatic carbocycles. The summed E-state index contributed by atoms with van der Waals surface area (Å²) in [5, 5.41) is 2.97. The average Bonchev–Trinajstić information content (AvgIpc) is 2.93. The number of carbonyl (C=O) groups excluding carboxylic acids is 2. The van der Waals surface area contributed by atoms with E-state index in [1.54, 1.807) is 47.4 Å². The van der Waals surface area contributed by atoms with Crippen LogP contribution in [0.3, 0.4) is 0 Å². The molecule has 4 aromatic rings. The summed E-state index contributed by atoms with van der Waals surface area (Å²) in [6.07, 6.45) is 1.15. The molecule has 7 nitrogen and oxygen atoms in total. The van der Waals surface area contributed by atoms with E-state index in [-0.39, 0.29) is 36.0 Å². The van der Waals surface area contributed by atoms with E-state index in [9.17, 15) is 18.4 Å². The van der Waals surface area contributed by atoms with E-state index in [0.717, 1.165) is 0 Å². The summed E-state index contributed by atoms with van der Waals surface area (Å²) in [4.78, 5) is 36.3. The lowest BCUT2D eigenvalue weighted by Crippen LogP contribution is -2.42. The van der Waals surface area contributed by atoms with Crippen molar-refractivity contribution in [2.24, 2.45) is 5.92 Å². The maximum Gasteiger partial charge on any atom is 0.248 e. The maximum absolute atomic E-state index is 13.6. The summed E-state index contributed by atoms with van der Waals surface area (Å²) in [6, 6.07) is 17.2. The minimum absolute atomic E-state index is 0.0395. The van der Waals surface area contributed by atoms with E-state index in [1.165, 1.54) is 31.4 Å². The molecule has 1 fully saturated rings. The third-order valence-corrected chi connectivity index (χ3v) is 6.65. The summed E-state index contributed by atoms with van der Waals surface area (Å²) in [7, 11) is 1.48. The molecule has 38 heavy (non-hydrogen) atoms. The lowest BCUT2D eigenvalue weighted by Gasteiger charge is -2.31. The predicted molar refractivity (Wildman–Crippen MR) is 140 cm³/mol. The molecular formula is C29H26F2N4O3. The van der Waals surface area contributed by atoms with Crippen molar-refractivity contribution in [2.75, 3.05) is 32.1 Å². The highest BCUT2D eigenvalue weighted by atomic mass is 19.1. The van der Waals surface area contributed by atoms with Gasteiger partial charge in [0.2, 0.25) is 11.8 Å². The lowest BCUT2D eigenvalue weighted by molar-refractivity contribution is -0.138. The number of carbonyl (C=O) groups is 2. The molecule has 0 saturated carbocycles. The number of benzene rings is 3. The van der Waals surface area contributed by atoms with Crippen molar-refractivity contribution in [3.8, 4) is 22.5 Å². The zero-order valence-corrected chi connectivity index (χ0v) is 20.8. The van der Waals surface area contributed by atoms with Crippen molar-refractivity contribution in [3.05, 3.63) is 78.4 Å². The number of hydrogen-bond donors (Lipinski definition) is 1. The first kappa shape index (κ1) is 25.4. The number of likely N-dealkylation sites (tertiary alicyclic amines) is 1. The Bertz CT molecular complexity index is 1470. The molecule has 0 spiro atoms. The van der Waals surface area contributed by atoms with Crippen LogP contribution in [-0.2, 0) is 14.3 Å². The van der Waals surface area contributed by atoms with Crippen LogP contribution in [-0.4, -0.2) is 53.5 Å². The van der Waals surface area contributed by atoms with Crippen molar-refractivity contribution < 1.29 is 23.1 Å². The number of fused-ring (bicyclic) bond motifs is 1. The van der Waals surface area contributed by atoms with Gasteiger partial charge < -0.3 is 15.0 Å². The number of aromatic nitrogens is 2. The average molecular weight is 517 g/mol. The molecule has 0 radical (unpaired) electrons. The van der Waals surface area contributed by atoms with Crippen molar-refractivity contribution in [2.45, 2.75) is 12.8 Å². The number of halogens is 2. The van der Waals surface area contributed by atoms with E-state index < -0.39 is 0 Å². The Morgan fingerprint density at radius 1 is 0.868 bits per heavy atom. The first-order valence-corrected chi connectivity index (χ1v) is 12.3. The number of piperidine rings is 1. The Labute approximate surface area is 218 Å². The van der Waals surface area contributed by atoms with Gasteiger partial charge in [-0.05, 0) is 79.6 Å². The zero-order chi connectivity index (χ0) is 26.6. The van der Waals surface area contributed by atoms with Gasteiger partial charge >= 0.3 is 0 Å². The molecule has 0 atom stereocenters. The van der Waals surface area contributed by atoms with Crippen molar-refractivity contribution in [1.82, 2.24) is 14.9 Å². The summed E-state index contributed by atoms with van der Waals surface area (Å²) in [6.45, 7) is 1.06. The van der Waals surface area contributed by atoms with Gasteiger partial charge in [0.05, 0.1) is 22.4 Å². The number of nitrogens with one attached hydrogen (secondary N) is 1. The Balaban J connectivity index is 1.41. The second-order valence-corrected chi connectivity index (χ2v) is 9.22. The van der Waals surface area contributed by atoms with Crippen LogP contribution < -0.4 is 5.32 Å². The Hall–Kier alpha value is -4.24. The third-order valence-electron chi connectivity index (χ3n) is 6.65. The Morgan fingerprint density at radius 2 is 1.42 bits per heavy atom. The van der Waals surface area contributed by atoms with Gasteiger partial charge in [0.1, 0.15) is 18.2 Å². The molecule has 1 aliphatic rings. The molecule has 0 bridgehead atoms. The van der Waals surface area contributed by atoms with E-state index in [0.29, 0.717) is 65.2 Å². The van der Waals surface area contributed by atoms with E-state index in [4.69, 9.17) is 14.7 Å².